The smallest absolute Gasteiger partial charge is 0.322 e. The molecule has 0 unspecified atom stereocenters. The Kier molecular flexibility index (Phi) is 4.68. The van der Waals surface area contributed by atoms with Crippen LogP contribution >= 0.6 is 0 Å². The first-order chi connectivity index (χ1) is 12.7. The summed E-state index contributed by atoms with van der Waals surface area (Å²) in [6.45, 7) is 1.51. The highest BCUT2D eigenvalue weighted by Gasteiger charge is 2.52. The molecule has 1 aromatic rings. The average molecular weight is 377 g/mol. The third-order valence-electron chi connectivity index (χ3n) is 5.02. The second-order valence-corrected chi connectivity index (χ2v) is 6.98. The molecular formula is C16H19N5O6. The maximum atomic E-state index is 12.7. The van der Waals surface area contributed by atoms with E-state index in [1.54, 1.807) is 0 Å². The molecule has 0 radical (unpaired) electrons. The highest BCUT2D eigenvalue weighted by atomic mass is 16.6. The molecule has 3 rings (SSSR count). The van der Waals surface area contributed by atoms with Gasteiger partial charge in [-0.3, -0.25) is 34.5 Å². The molecule has 0 atom stereocenters. The van der Waals surface area contributed by atoms with E-state index in [0.29, 0.717) is 23.8 Å². The molecule has 11 nitrogen and oxygen atoms in total. The molecule has 1 spiro atoms. The van der Waals surface area contributed by atoms with Gasteiger partial charge in [0.2, 0.25) is 0 Å². The van der Waals surface area contributed by atoms with E-state index in [2.05, 4.69) is 17.7 Å². The van der Waals surface area contributed by atoms with Gasteiger partial charge < -0.3 is 5.32 Å². The van der Waals surface area contributed by atoms with Crippen LogP contribution in [-0.2, 0) is 16.1 Å². The van der Waals surface area contributed by atoms with E-state index in [1.165, 1.54) is 0 Å². The Morgan fingerprint density at radius 2 is 2.00 bits per heavy atom. The van der Waals surface area contributed by atoms with Crippen molar-refractivity contribution in [3.05, 3.63) is 38.8 Å². The van der Waals surface area contributed by atoms with Crippen molar-refractivity contribution in [2.24, 2.45) is 5.92 Å². The minimum absolute atomic E-state index is 0.354. The van der Waals surface area contributed by atoms with Gasteiger partial charge in [-0.2, -0.15) is 5.01 Å². The first-order valence-electron chi connectivity index (χ1n) is 8.53. The normalized spacial score (nSPS) is 24.8. The largest absolute Gasteiger partial charge is 0.344 e. The molecule has 0 aromatic carbocycles. The van der Waals surface area contributed by atoms with Gasteiger partial charge in [-0.25, -0.2) is 4.79 Å². The topological polar surface area (TPSA) is 144 Å². The Morgan fingerprint density at radius 3 is 2.63 bits per heavy atom. The lowest BCUT2D eigenvalue weighted by atomic mass is 9.77. The molecule has 2 heterocycles. The lowest BCUT2D eigenvalue weighted by Crippen LogP contribution is -2.52. The van der Waals surface area contributed by atoms with E-state index in [-0.39, 0.29) is 5.69 Å². The van der Waals surface area contributed by atoms with Crippen LogP contribution in [0.25, 0.3) is 0 Å². The summed E-state index contributed by atoms with van der Waals surface area (Å²) in [5.74, 6) is -0.883. The third kappa shape index (κ3) is 3.52. The molecule has 2 fully saturated rings. The number of nitro groups is 1. The SMILES string of the molecule is CC1CCC2(CC1)NC(=O)N(NC(=O)Cn1cc([N+](=O)[O-])ccc1=O)C2=O. The van der Waals surface area contributed by atoms with E-state index < -0.39 is 40.4 Å². The summed E-state index contributed by atoms with van der Waals surface area (Å²) in [6.07, 6.45) is 3.50. The molecule has 11 heteroatoms. The van der Waals surface area contributed by atoms with Gasteiger partial charge in [-0.1, -0.05) is 6.92 Å². The number of carbonyl (C=O) groups excluding carboxylic acids is 3. The fraction of sp³-hybridized carbons (Fsp3) is 0.500. The van der Waals surface area contributed by atoms with Gasteiger partial charge in [0, 0.05) is 12.1 Å². The minimum Gasteiger partial charge on any atom is -0.322 e. The highest BCUT2D eigenvalue weighted by molar-refractivity contribution is 6.08. The molecule has 1 aliphatic carbocycles. The predicted molar refractivity (Wildman–Crippen MR) is 91.2 cm³/mol. The molecule has 1 saturated heterocycles. The van der Waals surface area contributed by atoms with Gasteiger partial charge in [0.15, 0.2) is 0 Å². The zero-order valence-corrected chi connectivity index (χ0v) is 14.6. The Labute approximate surface area is 153 Å². The van der Waals surface area contributed by atoms with Crippen LogP contribution in [0.2, 0.25) is 0 Å². The number of nitrogens with zero attached hydrogens (tertiary/aromatic N) is 3. The van der Waals surface area contributed by atoms with Crippen LogP contribution in [0.3, 0.4) is 0 Å². The number of pyridine rings is 1. The fourth-order valence-corrected chi connectivity index (χ4v) is 3.38. The van der Waals surface area contributed by atoms with Gasteiger partial charge in [-0.05, 0) is 31.6 Å². The fourth-order valence-electron chi connectivity index (χ4n) is 3.38. The Hall–Kier alpha value is -3.24. The van der Waals surface area contributed by atoms with E-state index in [0.717, 1.165) is 35.7 Å². The quantitative estimate of drug-likeness (QED) is 0.438. The summed E-state index contributed by atoms with van der Waals surface area (Å²) < 4.78 is 0.837. The Morgan fingerprint density at radius 1 is 1.33 bits per heavy atom. The molecular weight excluding hydrogens is 358 g/mol. The summed E-state index contributed by atoms with van der Waals surface area (Å²) in [4.78, 5) is 58.9. The van der Waals surface area contributed by atoms with Crippen LogP contribution in [0, 0.1) is 16.0 Å². The van der Waals surface area contributed by atoms with E-state index in [1.807, 2.05) is 0 Å². The third-order valence-corrected chi connectivity index (χ3v) is 5.02. The number of urea groups is 1. The van der Waals surface area contributed by atoms with E-state index >= 15 is 0 Å². The van der Waals surface area contributed by atoms with Crippen molar-refractivity contribution < 1.29 is 19.3 Å². The maximum absolute atomic E-state index is 12.7. The number of aromatic nitrogens is 1. The minimum atomic E-state index is -1.00. The zero-order chi connectivity index (χ0) is 19.8. The van der Waals surface area contributed by atoms with Crippen molar-refractivity contribution in [2.45, 2.75) is 44.7 Å². The van der Waals surface area contributed by atoms with Gasteiger partial charge in [-0.15, -0.1) is 0 Å². The van der Waals surface area contributed by atoms with Gasteiger partial charge in [0.05, 0.1) is 11.1 Å². The zero-order valence-electron chi connectivity index (χ0n) is 14.6. The number of hydrogen-bond acceptors (Lipinski definition) is 6. The number of hydrazine groups is 1. The molecule has 2 N–H and O–H groups in total. The number of nitrogens with one attached hydrogen (secondary N) is 2. The molecule has 144 valence electrons. The molecule has 1 saturated carbocycles. The number of imide groups is 1. The molecule has 27 heavy (non-hydrogen) atoms. The van der Waals surface area contributed by atoms with Crippen LogP contribution in [0.1, 0.15) is 32.6 Å². The molecule has 1 aromatic heterocycles. The summed E-state index contributed by atoms with van der Waals surface area (Å²) >= 11 is 0. The summed E-state index contributed by atoms with van der Waals surface area (Å²) in [6, 6.07) is 1.27. The number of hydrogen-bond donors (Lipinski definition) is 2. The average Bonchev–Trinajstić information content (AvgIpc) is 2.84. The van der Waals surface area contributed by atoms with Crippen LogP contribution < -0.4 is 16.3 Å². The van der Waals surface area contributed by atoms with E-state index in [9.17, 15) is 29.3 Å². The van der Waals surface area contributed by atoms with Gasteiger partial charge in [0.25, 0.3) is 23.1 Å². The van der Waals surface area contributed by atoms with Gasteiger partial charge in [0.1, 0.15) is 12.1 Å². The second-order valence-electron chi connectivity index (χ2n) is 6.98. The van der Waals surface area contributed by atoms with Crippen molar-refractivity contribution in [1.82, 2.24) is 20.3 Å². The number of carbonyl (C=O) groups is 3. The van der Waals surface area contributed by atoms with Crippen LogP contribution in [0.15, 0.2) is 23.1 Å². The van der Waals surface area contributed by atoms with Crippen molar-refractivity contribution in [3.63, 3.8) is 0 Å². The number of rotatable bonds is 4. The molecule has 1 aliphatic heterocycles. The van der Waals surface area contributed by atoms with Crippen molar-refractivity contribution in [1.29, 1.82) is 0 Å². The summed E-state index contributed by atoms with van der Waals surface area (Å²) in [7, 11) is 0. The monoisotopic (exact) mass is 377 g/mol. The van der Waals surface area contributed by atoms with Crippen LogP contribution in [0.4, 0.5) is 10.5 Å². The number of amides is 4. The Balaban J connectivity index is 1.70. The molecule has 0 bridgehead atoms. The van der Waals surface area contributed by atoms with Crippen LogP contribution in [0.5, 0.6) is 0 Å². The van der Waals surface area contributed by atoms with E-state index in [4.69, 9.17) is 0 Å². The molecule has 2 aliphatic rings. The first-order valence-corrected chi connectivity index (χ1v) is 8.53. The highest BCUT2D eigenvalue weighted by Crippen LogP contribution is 2.35. The predicted octanol–water partition coefficient (Wildman–Crippen LogP) is 0.288. The second kappa shape index (κ2) is 6.82. The standard InChI is InChI=1S/C16H19N5O6/c1-10-4-6-16(7-5-10)14(24)20(15(25)17-16)18-12(22)9-19-8-11(21(26)27)2-3-13(19)23/h2-3,8,10H,4-7,9H2,1H3,(H,17,25)(H,18,22). The van der Waals surface area contributed by atoms with Crippen molar-refractivity contribution in [3.8, 4) is 0 Å². The lowest BCUT2D eigenvalue weighted by Gasteiger charge is -2.33. The summed E-state index contributed by atoms with van der Waals surface area (Å²) in [5.41, 5.74) is 0.214. The van der Waals surface area contributed by atoms with Gasteiger partial charge >= 0.3 is 6.03 Å². The maximum Gasteiger partial charge on any atom is 0.344 e. The van der Waals surface area contributed by atoms with Crippen molar-refractivity contribution >= 4 is 23.5 Å². The summed E-state index contributed by atoms with van der Waals surface area (Å²) in [5, 5.41) is 14.1. The first kappa shape index (κ1) is 18.5. The Bertz CT molecular complexity index is 870. The van der Waals surface area contributed by atoms with Crippen molar-refractivity contribution in [2.75, 3.05) is 0 Å². The molecule has 4 amide bonds. The van der Waals surface area contributed by atoms with Crippen LogP contribution in [-0.4, -0.2) is 37.9 Å². The lowest BCUT2D eigenvalue weighted by molar-refractivity contribution is -0.385.